The van der Waals surface area contributed by atoms with Crippen LogP contribution in [0.4, 0.5) is 0 Å². The van der Waals surface area contributed by atoms with Gasteiger partial charge in [0.2, 0.25) is 5.75 Å². The quantitative estimate of drug-likeness (QED) is 0.673. The molecule has 0 saturated carbocycles. The van der Waals surface area contributed by atoms with Crippen LogP contribution in [0.3, 0.4) is 0 Å². The van der Waals surface area contributed by atoms with Gasteiger partial charge >= 0.3 is 0 Å². The Morgan fingerprint density at radius 3 is 2.10 bits per heavy atom. The standard InChI is InChI=1S/C16H27NO4/c1-6-12(17-2)8-7-9-21-13-10-14(18-3)16(20-5)15(11-13)19-4/h10-12,17H,6-9H2,1-5H3. The van der Waals surface area contributed by atoms with E-state index in [-0.39, 0.29) is 0 Å². The molecule has 0 aromatic heterocycles. The number of benzene rings is 1. The molecule has 1 unspecified atom stereocenters. The molecule has 0 aliphatic rings. The summed E-state index contributed by atoms with van der Waals surface area (Å²) in [6.07, 6.45) is 3.22. The fourth-order valence-corrected chi connectivity index (χ4v) is 2.21. The molecule has 0 fully saturated rings. The van der Waals surface area contributed by atoms with Crippen molar-refractivity contribution >= 4 is 0 Å². The van der Waals surface area contributed by atoms with E-state index in [1.165, 1.54) is 0 Å². The lowest BCUT2D eigenvalue weighted by Crippen LogP contribution is -2.24. The summed E-state index contributed by atoms with van der Waals surface area (Å²) in [5, 5.41) is 3.29. The molecule has 0 spiro atoms. The molecule has 1 N–H and O–H groups in total. The van der Waals surface area contributed by atoms with Crippen molar-refractivity contribution < 1.29 is 18.9 Å². The molecule has 0 aliphatic carbocycles. The maximum Gasteiger partial charge on any atom is 0.203 e. The van der Waals surface area contributed by atoms with E-state index in [9.17, 15) is 0 Å². The molecule has 1 rings (SSSR count). The topological polar surface area (TPSA) is 49.0 Å². The number of hydrogen-bond acceptors (Lipinski definition) is 5. The molecule has 1 aromatic carbocycles. The van der Waals surface area contributed by atoms with Gasteiger partial charge in [0.1, 0.15) is 5.75 Å². The normalized spacial score (nSPS) is 11.9. The second-order valence-electron chi connectivity index (χ2n) is 4.75. The minimum absolute atomic E-state index is 0.550. The highest BCUT2D eigenvalue weighted by Crippen LogP contribution is 2.40. The van der Waals surface area contributed by atoms with Gasteiger partial charge in [0.15, 0.2) is 11.5 Å². The molecule has 120 valence electrons. The van der Waals surface area contributed by atoms with Crippen molar-refractivity contribution in [2.24, 2.45) is 0 Å². The van der Waals surface area contributed by atoms with Gasteiger partial charge in [0.25, 0.3) is 0 Å². The van der Waals surface area contributed by atoms with E-state index in [0.29, 0.717) is 29.9 Å². The number of rotatable bonds is 10. The summed E-state index contributed by atoms with van der Waals surface area (Å²) in [5.74, 6) is 2.51. The first kappa shape index (κ1) is 17.4. The van der Waals surface area contributed by atoms with Crippen molar-refractivity contribution in [3.8, 4) is 23.0 Å². The zero-order valence-electron chi connectivity index (χ0n) is 13.7. The van der Waals surface area contributed by atoms with Crippen molar-refractivity contribution in [2.75, 3.05) is 35.0 Å². The Balaban J connectivity index is 2.63. The van der Waals surface area contributed by atoms with Crippen molar-refractivity contribution in [1.82, 2.24) is 5.32 Å². The van der Waals surface area contributed by atoms with Crippen LogP contribution in [-0.2, 0) is 0 Å². The van der Waals surface area contributed by atoms with Crippen LogP contribution in [0, 0.1) is 0 Å². The molecule has 0 amide bonds. The third-order valence-corrected chi connectivity index (χ3v) is 3.50. The lowest BCUT2D eigenvalue weighted by Gasteiger charge is -2.16. The molecule has 1 atom stereocenters. The van der Waals surface area contributed by atoms with Gasteiger partial charge in [-0.15, -0.1) is 0 Å². The van der Waals surface area contributed by atoms with Crippen LogP contribution in [-0.4, -0.2) is 41.0 Å². The summed E-state index contributed by atoms with van der Waals surface area (Å²) >= 11 is 0. The summed E-state index contributed by atoms with van der Waals surface area (Å²) in [5.41, 5.74) is 0. The lowest BCUT2D eigenvalue weighted by molar-refractivity contribution is 0.285. The summed E-state index contributed by atoms with van der Waals surface area (Å²) < 4.78 is 21.7. The molecule has 0 radical (unpaired) electrons. The van der Waals surface area contributed by atoms with E-state index in [1.807, 2.05) is 19.2 Å². The second-order valence-corrected chi connectivity index (χ2v) is 4.75. The van der Waals surface area contributed by atoms with E-state index in [2.05, 4.69) is 12.2 Å². The third-order valence-electron chi connectivity index (χ3n) is 3.50. The molecular weight excluding hydrogens is 270 g/mol. The monoisotopic (exact) mass is 297 g/mol. The van der Waals surface area contributed by atoms with Crippen LogP contribution in [0.2, 0.25) is 0 Å². The van der Waals surface area contributed by atoms with Gasteiger partial charge in [-0.25, -0.2) is 0 Å². The fourth-order valence-electron chi connectivity index (χ4n) is 2.21. The summed E-state index contributed by atoms with van der Waals surface area (Å²) in [4.78, 5) is 0. The average Bonchev–Trinajstić information content (AvgIpc) is 2.53. The van der Waals surface area contributed by atoms with Crippen LogP contribution in [0.25, 0.3) is 0 Å². The molecule has 5 nitrogen and oxygen atoms in total. The van der Waals surface area contributed by atoms with E-state index in [0.717, 1.165) is 25.0 Å². The molecule has 0 heterocycles. The maximum atomic E-state index is 5.79. The Bertz CT molecular complexity index is 394. The highest BCUT2D eigenvalue weighted by atomic mass is 16.5. The minimum atomic E-state index is 0.550. The summed E-state index contributed by atoms with van der Waals surface area (Å²) in [7, 11) is 6.78. The van der Waals surface area contributed by atoms with E-state index < -0.39 is 0 Å². The number of nitrogens with one attached hydrogen (secondary N) is 1. The molecule has 5 heteroatoms. The Hall–Kier alpha value is -1.62. The first-order chi connectivity index (χ1) is 10.2. The molecule has 0 saturated heterocycles. The zero-order chi connectivity index (χ0) is 15.7. The van der Waals surface area contributed by atoms with Crippen LogP contribution < -0.4 is 24.3 Å². The Morgan fingerprint density at radius 2 is 1.67 bits per heavy atom. The van der Waals surface area contributed by atoms with Gasteiger partial charge in [-0.1, -0.05) is 6.92 Å². The van der Waals surface area contributed by atoms with Crippen LogP contribution in [0.5, 0.6) is 23.0 Å². The predicted molar refractivity (Wildman–Crippen MR) is 84.0 cm³/mol. The SMILES string of the molecule is CCC(CCCOc1cc(OC)c(OC)c(OC)c1)NC. The smallest absolute Gasteiger partial charge is 0.203 e. The largest absolute Gasteiger partial charge is 0.493 e. The Labute approximate surface area is 127 Å². The van der Waals surface area contributed by atoms with Gasteiger partial charge in [-0.3, -0.25) is 0 Å². The minimum Gasteiger partial charge on any atom is -0.493 e. The molecule has 0 aliphatic heterocycles. The van der Waals surface area contributed by atoms with Gasteiger partial charge in [0.05, 0.1) is 27.9 Å². The molecule has 1 aromatic rings. The van der Waals surface area contributed by atoms with Gasteiger partial charge in [0, 0.05) is 18.2 Å². The first-order valence-corrected chi connectivity index (χ1v) is 7.30. The number of hydrogen-bond donors (Lipinski definition) is 1. The van der Waals surface area contributed by atoms with Crippen molar-refractivity contribution in [3.63, 3.8) is 0 Å². The molecular formula is C16H27NO4. The Morgan fingerprint density at radius 1 is 1.05 bits per heavy atom. The van der Waals surface area contributed by atoms with Crippen molar-refractivity contribution in [3.05, 3.63) is 12.1 Å². The van der Waals surface area contributed by atoms with E-state index in [1.54, 1.807) is 21.3 Å². The lowest BCUT2D eigenvalue weighted by atomic mass is 10.1. The van der Waals surface area contributed by atoms with Gasteiger partial charge in [-0.2, -0.15) is 0 Å². The first-order valence-electron chi connectivity index (χ1n) is 7.30. The molecule has 0 bridgehead atoms. The van der Waals surface area contributed by atoms with Crippen LogP contribution in [0.15, 0.2) is 12.1 Å². The second kappa shape index (κ2) is 9.34. The zero-order valence-corrected chi connectivity index (χ0v) is 13.7. The number of methoxy groups -OCH3 is 3. The highest BCUT2D eigenvalue weighted by Gasteiger charge is 2.13. The molecule has 21 heavy (non-hydrogen) atoms. The summed E-state index contributed by atoms with van der Waals surface area (Å²) in [6, 6.07) is 4.18. The number of ether oxygens (including phenoxy) is 4. The van der Waals surface area contributed by atoms with Crippen LogP contribution >= 0.6 is 0 Å². The maximum absolute atomic E-state index is 5.79. The van der Waals surface area contributed by atoms with Crippen molar-refractivity contribution in [2.45, 2.75) is 32.2 Å². The predicted octanol–water partition coefficient (Wildman–Crippen LogP) is 2.87. The van der Waals surface area contributed by atoms with E-state index >= 15 is 0 Å². The van der Waals surface area contributed by atoms with E-state index in [4.69, 9.17) is 18.9 Å². The van der Waals surface area contributed by atoms with Gasteiger partial charge < -0.3 is 24.3 Å². The highest BCUT2D eigenvalue weighted by molar-refractivity contribution is 5.55. The van der Waals surface area contributed by atoms with Gasteiger partial charge in [-0.05, 0) is 26.3 Å². The Kier molecular flexibility index (Phi) is 7.75. The fraction of sp³-hybridized carbons (Fsp3) is 0.625. The van der Waals surface area contributed by atoms with Crippen molar-refractivity contribution in [1.29, 1.82) is 0 Å². The third kappa shape index (κ3) is 5.01. The summed E-state index contributed by atoms with van der Waals surface area (Å²) in [6.45, 7) is 2.85. The average molecular weight is 297 g/mol. The van der Waals surface area contributed by atoms with Crippen LogP contribution in [0.1, 0.15) is 26.2 Å².